The number of para-hydroxylation sites is 1. The van der Waals surface area contributed by atoms with Crippen LogP contribution in [-0.4, -0.2) is 28.3 Å². The highest BCUT2D eigenvalue weighted by Gasteiger charge is 2.26. The van der Waals surface area contributed by atoms with E-state index in [1.165, 1.54) is 0 Å². The molecule has 0 N–H and O–H groups in total. The molecule has 0 radical (unpaired) electrons. The van der Waals surface area contributed by atoms with Crippen molar-refractivity contribution in [2.24, 2.45) is 0 Å². The van der Waals surface area contributed by atoms with Crippen LogP contribution in [0.3, 0.4) is 0 Å². The predicted molar refractivity (Wildman–Crippen MR) is 145 cm³/mol. The average Bonchev–Trinajstić information content (AvgIpc) is 3.45. The number of benzene rings is 3. The van der Waals surface area contributed by atoms with Gasteiger partial charge in [-0.15, -0.1) is 0 Å². The monoisotopic (exact) mass is 483 g/mol. The van der Waals surface area contributed by atoms with E-state index < -0.39 is 0 Å². The number of ether oxygens (including phenoxy) is 2. The Bertz CT molecular complexity index is 1860. The van der Waals surface area contributed by atoms with Crippen molar-refractivity contribution in [3.63, 3.8) is 0 Å². The van der Waals surface area contributed by atoms with Crippen LogP contribution in [0.4, 0.5) is 17.2 Å². The Morgan fingerprint density at radius 1 is 0.757 bits per heavy atom. The third kappa shape index (κ3) is 2.94. The second-order valence-electron chi connectivity index (χ2n) is 9.31. The van der Waals surface area contributed by atoms with Crippen molar-refractivity contribution in [1.29, 1.82) is 0 Å². The standard InChI is InChI=1S/C30H21N5O2/c1-33-18-34(29-24(33)9-4-14-31-29)19-6-2-7-20(16-19)36-21-12-13-22-23-8-3-10-26-28(23)35(25(22)17-21)30-27(37-26)11-5-15-32-30/h2-17H,18H2,1H3. The third-order valence-corrected chi connectivity index (χ3v) is 7.06. The summed E-state index contributed by atoms with van der Waals surface area (Å²) in [6.45, 7) is 0.735. The van der Waals surface area contributed by atoms with Gasteiger partial charge in [-0.3, -0.25) is 4.57 Å². The van der Waals surface area contributed by atoms with Crippen LogP contribution in [0.2, 0.25) is 0 Å². The lowest BCUT2D eigenvalue weighted by molar-refractivity contribution is 0.472. The number of fused-ring (bicyclic) bond motifs is 6. The van der Waals surface area contributed by atoms with E-state index in [0.717, 1.165) is 74.5 Å². The van der Waals surface area contributed by atoms with E-state index >= 15 is 0 Å². The molecule has 0 bridgehead atoms. The third-order valence-electron chi connectivity index (χ3n) is 7.06. The normalized spacial score (nSPS) is 13.5. The lowest BCUT2D eigenvalue weighted by Gasteiger charge is -2.20. The van der Waals surface area contributed by atoms with Crippen molar-refractivity contribution in [3.8, 4) is 28.8 Å². The fraction of sp³-hybridized carbons (Fsp3) is 0.0667. The van der Waals surface area contributed by atoms with Gasteiger partial charge < -0.3 is 19.3 Å². The molecule has 0 fully saturated rings. The lowest BCUT2D eigenvalue weighted by Crippen LogP contribution is -2.24. The average molecular weight is 484 g/mol. The summed E-state index contributed by atoms with van der Waals surface area (Å²) in [5, 5.41) is 2.25. The molecule has 0 atom stereocenters. The number of hydrogen-bond donors (Lipinski definition) is 0. The van der Waals surface area contributed by atoms with Gasteiger partial charge in [-0.25, -0.2) is 9.97 Å². The number of anilines is 3. The molecule has 2 aliphatic heterocycles. The summed E-state index contributed by atoms with van der Waals surface area (Å²) < 4.78 is 14.8. The minimum Gasteiger partial charge on any atom is -0.457 e. The van der Waals surface area contributed by atoms with Crippen LogP contribution in [0.1, 0.15) is 0 Å². The van der Waals surface area contributed by atoms with Crippen molar-refractivity contribution in [2.75, 3.05) is 23.5 Å². The summed E-state index contributed by atoms with van der Waals surface area (Å²) in [6.07, 6.45) is 3.63. The minimum atomic E-state index is 0.735. The summed E-state index contributed by atoms with van der Waals surface area (Å²) in [6, 6.07) is 28.4. The molecule has 8 rings (SSSR count). The van der Waals surface area contributed by atoms with E-state index in [1.54, 1.807) is 6.20 Å². The number of pyridine rings is 2. The molecule has 178 valence electrons. The van der Waals surface area contributed by atoms with E-state index in [9.17, 15) is 0 Å². The molecule has 6 aromatic rings. The molecular formula is C30H21N5O2. The van der Waals surface area contributed by atoms with Crippen LogP contribution in [-0.2, 0) is 0 Å². The van der Waals surface area contributed by atoms with Gasteiger partial charge in [0, 0.05) is 48.0 Å². The highest BCUT2D eigenvalue weighted by atomic mass is 16.5. The highest BCUT2D eigenvalue weighted by molar-refractivity contribution is 6.12. The zero-order valence-corrected chi connectivity index (χ0v) is 20.0. The molecule has 2 aliphatic rings. The molecule has 0 amide bonds. The fourth-order valence-corrected chi connectivity index (χ4v) is 5.43. The van der Waals surface area contributed by atoms with Crippen LogP contribution in [0.25, 0.3) is 27.6 Å². The maximum absolute atomic E-state index is 6.41. The first kappa shape index (κ1) is 20.2. The molecule has 7 heteroatoms. The Hall–Kier alpha value is -5.04. The second-order valence-corrected chi connectivity index (χ2v) is 9.31. The van der Waals surface area contributed by atoms with E-state index in [1.807, 2.05) is 54.7 Å². The zero-order chi connectivity index (χ0) is 24.5. The Morgan fingerprint density at radius 3 is 2.51 bits per heavy atom. The number of nitrogens with zero attached hydrogens (tertiary/aromatic N) is 5. The summed E-state index contributed by atoms with van der Waals surface area (Å²) in [7, 11) is 2.08. The molecule has 0 saturated heterocycles. The van der Waals surface area contributed by atoms with Crippen LogP contribution in [0.15, 0.2) is 97.3 Å². The fourth-order valence-electron chi connectivity index (χ4n) is 5.43. The molecule has 0 spiro atoms. The first-order valence-corrected chi connectivity index (χ1v) is 12.2. The lowest BCUT2D eigenvalue weighted by atomic mass is 10.1. The van der Waals surface area contributed by atoms with E-state index in [-0.39, 0.29) is 0 Å². The van der Waals surface area contributed by atoms with Crippen LogP contribution in [0.5, 0.6) is 23.0 Å². The van der Waals surface area contributed by atoms with Gasteiger partial charge in [0.1, 0.15) is 11.5 Å². The maximum atomic E-state index is 6.41. The van der Waals surface area contributed by atoms with Crippen molar-refractivity contribution < 1.29 is 9.47 Å². The molecule has 5 heterocycles. The largest absolute Gasteiger partial charge is 0.457 e. The maximum Gasteiger partial charge on any atom is 0.181 e. The molecule has 3 aromatic heterocycles. The van der Waals surface area contributed by atoms with E-state index in [0.29, 0.717) is 0 Å². The smallest absolute Gasteiger partial charge is 0.181 e. The van der Waals surface area contributed by atoms with Gasteiger partial charge in [0.25, 0.3) is 0 Å². The Balaban J connectivity index is 1.21. The Kier molecular flexibility index (Phi) is 4.08. The van der Waals surface area contributed by atoms with Gasteiger partial charge >= 0.3 is 0 Å². The first-order valence-electron chi connectivity index (χ1n) is 12.2. The summed E-state index contributed by atoms with van der Waals surface area (Å²) >= 11 is 0. The first-order chi connectivity index (χ1) is 18.2. The van der Waals surface area contributed by atoms with Gasteiger partial charge in [-0.05, 0) is 54.6 Å². The predicted octanol–water partition coefficient (Wildman–Crippen LogP) is 7.02. The zero-order valence-electron chi connectivity index (χ0n) is 20.0. The number of hydrogen-bond acceptors (Lipinski definition) is 6. The van der Waals surface area contributed by atoms with Gasteiger partial charge in [0.15, 0.2) is 23.1 Å². The van der Waals surface area contributed by atoms with Gasteiger partial charge in [-0.1, -0.05) is 18.2 Å². The molecular weight excluding hydrogens is 462 g/mol. The summed E-state index contributed by atoms with van der Waals surface area (Å²) in [5.74, 6) is 4.82. The van der Waals surface area contributed by atoms with Crippen LogP contribution < -0.4 is 19.3 Å². The topological polar surface area (TPSA) is 55.7 Å². The molecule has 7 nitrogen and oxygen atoms in total. The van der Waals surface area contributed by atoms with E-state index in [2.05, 4.69) is 67.8 Å². The SMILES string of the molecule is CN1CN(c2cccc(Oc3ccc4c5cccc6c5n(c4c3)-c3ncccc3O6)c2)c2ncccc21. The quantitative estimate of drug-likeness (QED) is 0.269. The van der Waals surface area contributed by atoms with Gasteiger partial charge in [0.05, 0.1) is 23.4 Å². The molecule has 37 heavy (non-hydrogen) atoms. The molecule has 0 unspecified atom stereocenters. The van der Waals surface area contributed by atoms with Crippen LogP contribution in [0, 0.1) is 0 Å². The Morgan fingerprint density at radius 2 is 1.57 bits per heavy atom. The van der Waals surface area contributed by atoms with Gasteiger partial charge in [-0.2, -0.15) is 0 Å². The molecule has 0 aliphatic carbocycles. The van der Waals surface area contributed by atoms with Crippen molar-refractivity contribution in [1.82, 2.24) is 14.5 Å². The molecule has 0 saturated carbocycles. The molecule has 3 aromatic carbocycles. The second kappa shape index (κ2) is 7.48. The summed E-state index contributed by atoms with van der Waals surface area (Å²) in [5.41, 5.74) is 4.20. The van der Waals surface area contributed by atoms with Gasteiger partial charge in [0.2, 0.25) is 0 Å². The Labute approximate surface area is 212 Å². The minimum absolute atomic E-state index is 0.735. The van der Waals surface area contributed by atoms with E-state index in [4.69, 9.17) is 9.47 Å². The summed E-state index contributed by atoms with van der Waals surface area (Å²) in [4.78, 5) is 13.6. The van der Waals surface area contributed by atoms with Crippen molar-refractivity contribution in [3.05, 3.63) is 97.3 Å². The highest BCUT2D eigenvalue weighted by Crippen LogP contribution is 2.45. The number of rotatable bonds is 3. The van der Waals surface area contributed by atoms with Crippen molar-refractivity contribution in [2.45, 2.75) is 0 Å². The van der Waals surface area contributed by atoms with Crippen molar-refractivity contribution >= 4 is 39.0 Å². The van der Waals surface area contributed by atoms with Crippen LogP contribution >= 0.6 is 0 Å². The number of aromatic nitrogens is 3.